The van der Waals surface area contributed by atoms with Gasteiger partial charge in [0.25, 0.3) is 0 Å². The molecule has 1 heterocycles. The largest absolute Gasteiger partial charge is 0.447 e. The minimum Gasteiger partial charge on any atom is -0.447 e. The zero-order valence-corrected chi connectivity index (χ0v) is 8.02. The van der Waals surface area contributed by atoms with Crippen LogP contribution in [0, 0.1) is 0 Å². The standard InChI is InChI=1S/C6H8ClNO3S/c1-12(9,10)3-6-5(2-7)8-4-11-6/h4H,2-3H2,1H3. The quantitative estimate of drug-likeness (QED) is 0.696. The Bertz CT molecular complexity index is 357. The van der Waals surface area contributed by atoms with Gasteiger partial charge in [0.15, 0.2) is 16.2 Å². The van der Waals surface area contributed by atoms with Gasteiger partial charge in [-0.25, -0.2) is 13.4 Å². The van der Waals surface area contributed by atoms with Crippen LogP contribution < -0.4 is 0 Å². The summed E-state index contributed by atoms with van der Waals surface area (Å²) >= 11 is 5.48. The van der Waals surface area contributed by atoms with Crippen LogP contribution in [0.2, 0.25) is 0 Å². The summed E-state index contributed by atoms with van der Waals surface area (Å²) in [6.07, 6.45) is 2.33. The minimum atomic E-state index is -3.07. The van der Waals surface area contributed by atoms with Crippen molar-refractivity contribution in [3.8, 4) is 0 Å². The number of sulfone groups is 1. The fourth-order valence-corrected chi connectivity index (χ4v) is 1.69. The number of aromatic nitrogens is 1. The topological polar surface area (TPSA) is 60.2 Å². The molecule has 0 saturated heterocycles. The molecule has 0 aliphatic carbocycles. The average Bonchev–Trinajstić information content (AvgIpc) is 2.31. The molecule has 0 amide bonds. The molecule has 1 rings (SSSR count). The molecule has 0 saturated carbocycles. The molecular formula is C6H8ClNO3S. The van der Waals surface area contributed by atoms with E-state index in [1.165, 1.54) is 6.39 Å². The van der Waals surface area contributed by atoms with Crippen molar-refractivity contribution in [3.05, 3.63) is 17.8 Å². The van der Waals surface area contributed by atoms with Gasteiger partial charge < -0.3 is 4.42 Å². The monoisotopic (exact) mass is 209 g/mol. The van der Waals surface area contributed by atoms with E-state index in [1.807, 2.05) is 0 Å². The van der Waals surface area contributed by atoms with Crippen LogP contribution in [-0.4, -0.2) is 19.7 Å². The van der Waals surface area contributed by atoms with Crippen LogP contribution in [0.15, 0.2) is 10.8 Å². The first kappa shape index (κ1) is 9.54. The third-order valence-electron chi connectivity index (χ3n) is 1.25. The van der Waals surface area contributed by atoms with Crippen molar-refractivity contribution >= 4 is 21.4 Å². The summed E-state index contributed by atoms with van der Waals surface area (Å²) in [6, 6.07) is 0. The molecule has 0 N–H and O–H groups in total. The maximum Gasteiger partial charge on any atom is 0.181 e. The summed E-state index contributed by atoms with van der Waals surface area (Å²) in [5.74, 6) is 0.351. The number of oxazole rings is 1. The fourth-order valence-electron chi connectivity index (χ4n) is 0.758. The smallest absolute Gasteiger partial charge is 0.181 e. The van der Waals surface area contributed by atoms with Gasteiger partial charge in [-0.3, -0.25) is 0 Å². The molecule has 0 fully saturated rings. The van der Waals surface area contributed by atoms with Crippen molar-refractivity contribution < 1.29 is 12.8 Å². The van der Waals surface area contributed by atoms with Crippen LogP contribution in [-0.2, 0) is 21.5 Å². The molecule has 6 heteroatoms. The number of hydrogen-bond donors (Lipinski definition) is 0. The molecule has 1 aromatic rings. The lowest BCUT2D eigenvalue weighted by molar-refractivity contribution is 0.514. The number of alkyl halides is 1. The van der Waals surface area contributed by atoms with Gasteiger partial charge >= 0.3 is 0 Å². The van der Waals surface area contributed by atoms with E-state index in [4.69, 9.17) is 16.0 Å². The van der Waals surface area contributed by atoms with Crippen LogP contribution in [0.1, 0.15) is 11.5 Å². The van der Waals surface area contributed by atoms with Crippen molar-refractivity contribution in [3.63, 3.8) is 0 Å². The fraction of sp³-hybridized carbons (Fsp3) is 0.500. The lowest BCUT2D eigenvalue weighted by Gasteiger charge is -1.94. The molecular weight excluding hydrogens is 202 g/mol. The molecule has 0 bridgehead atoms. The van der Waals surface area contributed by atoms with Crippen molar-refractivity contribution in [2.24, 2.45) is 0 Å². The van der Waals surface area contributed by atoms with E-state index in [-0.39, 0.29) is 11.6 Å². The summed E-state index contributed by atoms with van der Waals surface area (Å²) in [6.45, 7) is 0. The van der Waals surface area contributed by atoms with Gasteiger partial charge in [-0.05, 0) is 0 Å². The zero-order valence-electron chi connectivity index (χ0n) is 6.45. The van der Waals surface area contributed by atoms with Crippen LogP contribution in [0.3, 0.4) is 0 Å². The Kier molecular flexibility index (Phi) is 2.74. The van der Waals surface area contributed by atoms with E-state index >= 15 is 0 Å². The minimum absolute atomic E-state index is 0.144. The van der Waals surface area contributed by atoms with E-state index in [1.54, 1.807) is 0 Å². The molecule has 0 aromatic carbocycles. The molecule has 0 atom stereocenters. The van der Waals surface area contributed by atoms with E-state index < -0.39 is 9.84 Å². The number of halogens is 1. The van der Waals surface area contributed by atoms with Gasteiger partial charge in [-0.1, -0.05) is 0 Å². The first-order chi connectivity index (χ1) is 5.53. The van der Waals surface area contributed by atoms with E-state index in [2.05, 4.69) is 4.98 Å². The van der Waals surface area contributed by atoms with Crippen LogP contribution in [0.5, 0.6) is 0 Å². The first-order valence-electron chi connectivity index (χ1n) is 3.18. The van der Waals surface area contributed by atoms with Gasteiger partial charge in [-0.2, -0.15) is 0 Å². The molecule has 0 unspecified atom stereocenters. The molecule has 1 aromatic heterocycles. The second kappa shape index (κ2) is 3.45. The molecule has 0 aliphatic rings. The highest BCUT2D eigenvalue weighted by atomic mass is 35.5. The highest BCUT2D eigenvalue weighted by molar-refractivity contribution is 7.89. The second-order valence-corrected chi connectivity index (χ2v) is 4.83. The van der Waals surface area contributed by atoms with E-state index in [9.17, 15) is 8.42 Å². The van der Waals surface area contributed by atoms with E-state index in [0.717, 1.165) is 6.26 Å². The van der Waals surface area contributed by atoms with Gasteiger partial charge in [0.05, 0.1) is 11.6 Å². The molecule has 0 aliphatic heterocycles. The molecule has 0 spiro atoms. The van der Waals surface area contributed by atoms with Crippen LogP contribution >= 0.6 is 11.6 Å². The van der Waals surface area contributed by atoms with Crippen LogP contribution in [0.4, 0.5) is 0 Å². The molecule has 4 nitrogen and oxygen atoms in total. The van der Waals surface area contributed by atoms with Crippen LogP contribution in [0.25, 0.3) is 0 Å². The summed E-state index contributed by atoms with van der Waals surface area (Å²) in [5.41, 5.74) is 0.488. The Hall–Kier alpha value is -0.550. The Morgan fingerprint density at radius 2 is 2.33 bits per heavy atom. The molecule has 68 valence electrons. The number of nitrogens with zero attached hydrogens (tertiary/aromatic N) is 1. The highest BCUT2D eigenvalue weighted by Crippen LogP contribution is 2.12. The highest BCUT2D eigenvalue weighted by Gasteiger charge is 2.12. The van der Waals surface area contributed by atoms with Crippen molar-refractivity contribution in [1.29, 1.82) is 0 Å². The summed E-state index contributed by atoms with van der Waals surface area (Å²) in [7, 11) is -3.07. The zero-order chi connectivity index (χ0) is 9.19. The Morgan fingerprint density at radius 1 is 1.67 bits per heavy atom. The summed E-state index contributed by atoms with van der Waals surface area (Å²) < 4.78 is 26.5. The Morgan fingerprint density at radius 3 is 2.83 bits per heavy atom. The normalized spacial score (nSPS) is 11.8. The summed E-state index contributed by atoms with van der Waals surface area (Å²) in [4.78, 5) is 3.76. The maximum absolute atomic E-state index is 10.8. The SMILES string of the molecule is CS(=O)(=O)Cc1ocnc1CCl. The van der Waals surface area contributed by atoms with Crippen molar-refractivity contribution in [2.75, 3.05) is 6.26 Å². The number of hydrogen-bond acceptors (Lipinski definition) is 4. The van der Waals surface area contributed by atoms with Gasteiger partial charge in [0.2, 0.25) is 0 Å². The summed E-state index contributed by atoms with van der Waals surface area (Å²) in [5, 5.41) is 0. The van der Waals surface area contributed by atoms with Gasteiger partial charge in [-0.15, -0.1) is 11.6 Å². The lowest BCUT2D eigenvalue weighted by Crippen LogP contribution is -2.01. The van der Waals surface area contributed by atoms with Gasteiger partial charge in [0.1, 0.15) is 11.5 Å². The lowest BCUT2D eigenvalue weighted by atomic mass is 10.4. The Labute approximate surface area is 75.5 Å². The van der Waals surface area contributed by atoms with Crippen molar-refractivity contribution in [1.82, 2.24) is 4.98 Å². The predicted octanol–water partition coefficient (Wildman–Crippen LogP) is 0.958. The third kappa shape index (κ3) is 2.49. The maximum atomic E-state index is 10.8. The number of rotatable bonds is 3. The average molecular weight is 210 g/mol. The molecule has 12 heavy (non-hydrogen) atoms. The van der Waals surface area contributed by atoms with E-state index in [0.29, 0.717) is 11.5 Å². The first-order valence-corrected chi connectivity index (χ1v) is 5.77. The van der Waals surface area contributed by atoms with Crippen molar-refractivity contribution in [2.45, 2.75) is 11.6 Å². The second-order valence-electron chi connectivity index (χ2n) is 2.43. The third-order valence-corrected chi connectivity index (χ3v) is 2.28. The predicted molar refractivity (Wildman–Crippen MR) is 44.6 cm³/mol. The Balaban J connectivity index is 2.89. The molecule has 0 radical (unpaired) electrons. The van der Waals surface area contributed by atoms with Gasteiger partial charge in [0, 0.05) is 6.26 Å².